The quantitative estimate of drug-likeness (QED) is 0.713. The molecule has 2 aliphatic rings. The highest BCUT2D eigenvalue weighted by Gasteiger charge is 2.49. The van der Waals surface area contributed by atoms with Gasteiger partial charge in [-0.1, -0.05) is 0 Å². The number of aromatic carboxylic acids is 1. The Morgan fingerprint density at radius 1 is 1.24 bits per heavy atom. The van der Waals surface area contributed by atoms with Crippen molar-refractivity contribution in [1.82, 2.24) is 14.5 Å². The Balaban J connectivity index is 1.70. The molecule has 0 radical (unpaired) electrons. The topological polar surface area (TPSA) is 97.5 Å². The molecule has 10 heteroatoms. The van der Waals surface area contributed by atoms with Crippen LogP contribution in [0.3, 0.4) is 0 Å². The smallest absolute Gasteiger partial charge is 0.341 e. The van der Waals surface area contributed by atoms with Crippen LogP contribution in [0.5, 0.6) is 0 Å². The van der Waals surface area contributed by atoms with Crippen molar-refractivity contribution < 1.29 is 23.4 Å². The molecule has 29 heavy (non-hydrogen) atoms. The molecule has 0 aromatic carbocycles. The van der Waals surface area contributed by atoms with Crippen LogP contribution in [0.2, 0.25) is 0 Å². The fourth-order valence-electron chi connectivity index (χ4n) is 3.77. The maximum Gasteiger partial charge on any atom is 0.341 e. The van der Waals surface area contributed by atoms with Crippen molar-refractivity contribution in [2.24, 2.45) is 5.41 Å². The van der Waals surface area contributed by atoms with Gasteiger partial charge in [-0.15, -0.1) is 0 Å². The molecule has 148 valence electrons. The van der Waals surface area contributed by atoms with Crippen LogP contribution in [0.15, 0.2) is 35.4 Å². The van der Waals surface area contributed by atoms with E-state index in [9.17, 15) is 23.5 Å². The summed E-state index contributed by atoms with van der Waals surface area (Å²) in [6, 6.07) is 3.72. The Hall–Kier alpha value is -3.40. The van der Waals surface area contributed by atoms with Crippen molar-refractivity contribution >= 4 is 22.8 Å². The van der Waals surface area contributed by atoms with Gasteiger partial charge >= 0.3 is 5.97 Å². The zero-order chi connectivity index (χ0) is 20.3. The van der Waals surface area contributed by atoms with Gasteiger partial charge in [0, 0.05) is 25.4 Å². The average molecular weight is 400 g/mol. The Morgan fingerprint density at radius 3 is 2.62 bits per heavy atom. The summed E-state index contributed by atoms with van der Waals surface area (Å²) >= 11 is 0. The largest absolute Gasteiger partial charge is 0.477 e. The van der Waals surface area contributed by atoms with Gasteiger partial charge in [-0.25, -0.2) is 23.5 Å². The maximum absolute atomic E-state index is 14.4. The van der Waals surface area contributed by atoms with Crippen LogP contribution in [-0.4, -0.2) is 51.9 Å². The van der Waals surface area contributed by atoms with Gasteiger partial charge in [0.25, 0.3) is 0 Å². The number of ether oxygens (including phenoxy) is 1. The third-order valence-corrected chi connectivity index (χ3v) is 5.28. The molecule has 0 unspecified atom stereocenters. The Labute approximate surface area is 162 Å². The molecule has 5 heterocycles. The molecule has 0 saturated carbocycles. The molecule has 0 amide bonds. The van der Waals surface area contributed by atoms with E-state index in [1.165, 1.54) is 6.07 Å². The number of carboxylic acid groups (broad SMARTS) is 1. The SMILES string of the molecule is O=C(O)c1cn(-c2ncc(F)cc2F)c2nc(N3CC4(COC4)C3)ccc2c1=O. The Bertz CT molecular complexity index is 1230. The van der Waals surface area contributed by atoms with Crippen LogP contribution in [0.4, 0.5) is 14.6 Å². The van der Waals surface area contributed by atoms with E-state index < -0.39 is 28.6 Å². The van der Waals surface area contributed by atoms with Gasteiger partial charge in [-0.05, 0) is 12.1 Å². The summed E-state index contributed by atoms with van der Waals surface area (Å²) in [5.41, 5.74) is -1.13. The Kier molecular flexibility index (Phi) is 3.69. The fourth-order valence-corrected chi connectivity index (χ4v) is 3.77. The number of rotatable bonds is 3. The maximum atomic E-state index is 14.4. The van der Waals surface area contributed by atoms with E-state index in [2.05, 4.69) is 9.97 Å². The van der Waals surface area contributed by atoms with E-state index in [1.54, 1.807) is 6.07 Å². The normalized spacial score (nSPS) is 17.2. The number of aromatic nitrogens is 3. The van der Waals surface area contributed by atoms with Gasteiger partial charge in [0.15, 0.2) is 17.3 Å². The zero-order valence-corrected chi connectivity index (χ0v) is 14.9. The van der Waals surface area contributed by atoms with Crippen molar-refractivity contribution in [3.8, 4) is 5.82 Å². The summed E-state index contributed by atoms with van der Waals surface area (Å²) in [5, 5.41) is 9.36. The van der Waals surface area contributed by atoms with Crippen molar-refractivity contribution in [3.63, 3.8) is 0 Å². The molecule has 1 spiro atoms. The molecule has 1 N–H and O–H groups in total. The summed E-state index contributed by atoms with van der Waals surface area (Å²) < 4.78 is 34.0. The average Bonchev–Trinajstić information content (AvgIpc) is 2.60. The first-order chi connectivity index (χ1) is 13.9. The molecule has 3 aromatic rings. The monoisotopic (exact) mass is 400 g/mol. The molecule has 5 rings (SSSR count). The van der Waals surface area contributed by atoms with Crippen molar-refractivity contribution in [3.05, 3.63) is 58.0 Å². The number of carboxylic acids is 1. The van der Waals surface area contributed by atoms with Gasteiger partial charge in [0.1, 0.15) is 17.2 Å². The van der Waals surface area contributed by atoms with Crippen LogP contribution in [-0.2, 0) is 4.74 Å². The lowest BCUT2D eigenvalue weighted by atomic mass is 9.78. The Morgan fingerprint density at radius 2 is 2.00 bits per heavy atom. The predicted octanol–water partition coefficient (Wildman–Crippen LogP) is 1.59. The van der Waals surface area contributed by atoms with E-state index in [4.69, 9.17) is 4.74 Å². The third kappa shape index (κ3) is 2.67. The van der Waals surface area contributed by atoms with Gasteiger partial charge in [0.2, 0.25) is 5.43 Å². The van der Waals surface area contributed by atoms with E-state index in [0.29, 0.717) is 25.1 Å². The first-order valence-corrected chi connectivity index (χ1v) is 8.81. The van der Waals surface area contributed by atoms with Crippen LogP contribution in [0.1, 0.15) is 10.4 Å². The lowest BCUT2D eigenvalue weighted by molar-refractivity contribution is -0.127. The highest BCUT2D eigenvalue weighted by Crippen LogP contribution is 2.39. The first kappa shape index (κ1) is 17.7. The van der Waals surface area contributed by atoms with E-state index in [-0.39, 0.29) is 22.3 Å². The van der Waals surface area contributed by atoms with Crippen molar-refractivity contribution in [1.29, 1.82) is 0 Å². The fraction of sp³-hybridized carbons (Fsp3) is 0.263. The minimum Gasteiger partial charge on any atom is -0.477 e. The van der Waals surface area contributed by atoms with Crippen LogP contribution < -0.4 is 10.3 Å². The highest BCUT2D eigenvalue weighted by molar-refractivity contribution is 5.92. The minimum atomic E-state index is -1.47. The summed E-state index contributed by atoms with van der Waals surface area (Å²) in [7, 11) is 0. The molecule has 8 nitrogen and oxygen atoms in total. The number of carbonyl (C=O) groups is 1. The molecule has 0 bridgehead atoms. The van der Waals surface area contributed by atoms with Crippen molar-refractivity contribution in [2.45, 2.75) is 0 Å². The number of fused-ring (bicyclic) bond motifs is 1. The number of halogens is 2. The van der Waals surface area contributed by atoms with Crippen LogP contribution >= 0.6 is 0 Å². The number of pyridine rings is 3. The standard InChI is InChI=1S/C19H14F2N4O4/c20-10-3-13(21)17(22-4-10)25-5-12(18(27)28)15(26)11-1-2-14(23-16(11)25)24-6-19(7-24)8-29-9-19/h1-5H,6-9H2,(H,27,28). The predicted molar refractivity (Wildman–Crippen MR) is 97.5 cm³/mol. The second-order valence-electron chi connectivity index (χ2n) is 7.40. The van der Waals surface area contributed by atoms with E-state index in [1.807, 2.05) is 4.90 Å². The van der Waals surface area contributed by atoms with Gasteiger partial charge in [-0.3, -0.25) is 9.36 Å². The molecule has 0 aliphatic carbocycles. The molecule has 2 fully saturated rings. The summed E-state index contributed by atoms with van der Waals surface area (Å²) in [6.07, 6.45) is 1.77. The van der Waals surface area contributed by atoms with Crippen LogP contribution in [0.25, 0.3) is 16.9 Å². The molecule has 0 atom stereocenters. The first-order valence-electron chi connectivity index (χ1n) is 8.81. The second kappa shape index (κ2) is 6.05. The zero-order valence-electron chi connectivity index (χ0n) is 14.9. The summed E-state index contributed by atoms with van der Waals surface area (Å²) in [4.78, 5) is 34.3. The number of anilines is 1. The summed E-state index contributed by atoms with van der Waals surface area (Å²) in [6.45, 7) is 2.86. The minimum absolute atomic E-state index is 0.00129. The number of hydrogen-bond acceptors (Lipinski definition) is 6. The second-order valence-corrected chi connectivity index (χ2v) is 7.40. The van der Waals surface area contributed by atoms with Gasteiger partial charge in [0.05, 0.1) is 30.2 Å². The number of hydrogen-bond donors (Lipinski definition) is 1. The highest BCUT2D eigenvalue weighted by atomic mass is 19.1. The third-order valence-electron chi connectivity index (χ3n) is 5.28. The molecule has 3 aromatic heterocycles. The molecular weight excluding hydrogens is 386 g/mol. The van der Waals surface area contributed by atoms with Crippen LogP contribution in [0, 0.1) is 17.0 Å². The van der Waals surface area contributed by atoms with Gasteiger partial charge < -0.3 is 14.7 Å². The molecule has 2 aliphatic heterocycles. The van der Waals surface area contributed by atoms with Gasteiger partial charge in [-0.2, -0.15) is 0 Å². The number of nitrogens with zero attached hydrogens (tertiary/aromatic N) is 4. The molecular formula is C19H14F2N4O4. The lowest BCUT2D eigenvalue weighted by Crippen LogP contribution is -2.66. The lowest BCUT2D eigenvalue weighted by Gasteiger charge is -2.55. The van der Waals surface area contributed by atoms with E-state index in [0.717, 1.165) is 30.1 Å². The van der Waals surface area contributed by atoms with Crippen molar-refractivity contribution in [2.75, 3.05) is 31.2 Å². The summed E-state index contributed by atoms with van der Waals surface area (Å²) in [5.74, 6) is -3.14. The van der Waals surface area contributed by atoms with E-state index >= 15 is 0 Å². The molecule has 2 saturated heterocycles.